The van der Waals surface area contributed by atoms with E-state index in [2.05, 4.69) is 0 Å². The van der Waals surface area contributed by atoms with Crippen LogP contribution in [0, 0.1) is 0 Å². The summed E-state index contributed by atoms with van der Waals surface area (Å²) in [6, 6.07) is 0. The minimum Gasteiger partial charge on any atom is -0.508 e. The molecule has 0 aliphatic heterocycles. The lowest BCUT2D eigenvalue weighted by atomic mass is 10.2. The highest BCUT2D eigenvalue weighted by molar-refractivity contribution is 5.34. The molecule has 0 aromatic carbocycles. The van der Waals surface area contributed by atoms with Gasteiger partial charge in [0.25, 0.3) is 0 Å². The average Bonchev–Trinajstić information content (AvgIpc) is 1.93. The predicted molar refractivity (Wildman–Crippen MR) is 44.5 cm³/mol. The van der Waals surface area contributed by atoms with Gasteiger partial charge in [-0.25, -0.2) is 0 Å². The third kappa shape index (κ3) is 1.77. The Morgan fingerprint density at radius 2 is 2.00 bits per heavy atom. The van der Waals surface area contributed by atoms with E-state index in [0.717, 1.165) is 5.57 Å². The van der Waals surface area contributed by atoms with Crippen LogP contribution >= 0.6 is 0 Å². The van der Waals surface area contributed by atoms with Crippen molar-refractivity contribution in [3.8, 4) is 0 Å². The number of hydrogen-bond donors (Lipinski definition) is 3. The second-order valence-electron chi connectivity index (χ2n) is 2.67. The van der Waals surface area contributed by atoms with Gasteiger partial charge >= 0.3 is 0 Å². The van der Waals surface area contributed by atoms with E-state index in [9.17, 15) is 0 Å². The van der Waals surface area contributed by atoms with Crippen LogP contribution in [0.25, 0.3) is 0 Å². The molecule has 0 heterocycles. The topological polar surface area (TPSA) is 72.3 Å². The fraction of sp³-hybridized carbons (Fsp3) is 0.250. The van der Waals surface area contributed by atoms with Crippen LogP contribution < -0.4 is 11.5 Å². The maximum atomic E-state index is 9.16. The molecule has 3 heteroatoms. The molecular weight excluding hydrogens is 140 g/mol. The second-order valence-corrected chi connectivity index (χ2v) is 2.67. The molecule has 0 fully saturated rings. The monoisotopic (exact) mass is 152 g/mol. The smallest absolute Gasteiger partial charge is 0.117 e. The Morgan fingerprint density at radius 3 is 2.64 bits per heavy atom. The fourth-order valence-electron chi connectivity index (χ4n) is 0.957. The number of allylic oxidation sites excluding steroid dienone is 3. The van der Waals surface area contributed by atoms with Gasteiger partial charge in [0.05, 0.1) is 0 Å². The maximum absolute atomic E-state index is 9.16. The van der Waals surface area contributed by atoms with Crippen molar-refractivity contribution in [3.05, 3.63) is 34.9 Å². The van der Waals surface area contributed by atoms with Crippen molar-refractivity contribution >= 4 is 0 Å². The van der Waals surface area contributed by atoms with E-state index >= 15 is 0 Å². The third-order valence-electron chi connectivity index (χ3n) is 1.60. The summed E-state index contributed by atoms with van der Waals surface area (Å²) >= 11 is 0. The molecule has 0 saturated heterocycles. The zero-order valence-corrected chi connectivity index (χ0v) is 6.46. The lowest BCUT2D eigenvalue weighted by Gasteiger charge is -2.00. The first-order valence-electron chi connectivity index (χ1n) is 3.41. The number of rotatable bonds is 0. The van der Waals surface area contributed by atoms with Crippen LogP contribution in [0.4, 0.5) is 0 Å². The molecule has 60 valence electrons. The highest BCUT2D eigenvalue weighted by Gasteiger charge is 2.04. The Balaban J connectivity index is 3.04. The van der Waals surface area contributed by atoms with Crippen molar-refractivity contribution in [1.82, 2.24) is 0 Å². The van der Waals surface area contributed by atoms with Crippen LogP contribution in [-0.2, 0) is 0 Å². The fourth-order valence-corrected chi connectivity index (χ4v) is 0.957. The number of hydrogen-bond acceptors (Lipinski definition) is 3. The average molecular weight is 152 g/mol. The van der Waals surface area contributed by atoms with Crippen molar-refractivity contribution in [2.75, 3.05) is 0 Å². The third-order valence-corrected chi connectivity index (χ3v) is 1.60. The maximum Gasteiger partial charge on any atom is 0.117 e. The standard InChI is InChI=1S/C8H12N2O/c1-5-2-7(11)3-6(9)4-8(5)10/h2-3,11H,4,9-10H2,1H3. The van der Waals surface area contributed by atoms with Crippen LogP contribution in [0.15, 0.2) is 34.9 Å². The van der Waals surface area contributed by atoms with Crippen molar-refractivity contribution in [3.63, 3.8) is 0 Å². The minimum absolute atomic E-state index is 0.167. The molecule has 0 saturated carbocycles. The molecule has 0 spiro atoms. The number of aliphatic hydroxyl groups is 1. The molecule has 0 radical (unpaired) electrons. The van der Waals surface area contributed by atoms with Crippen molar-refractivity contribution in [2.45, 2.75) is 13.3 Å². The highest BCUT2D eigenvalue weighted by atomic mass is 16.3. The van der Waals surface area contributed by atoms with E-state index in [0.29, 0.717) is 17.8 Å². The zero-order chi connectivity index (χ0) is 8.43. The Hall–Kier alpha value is -1.38. The second kappa shape index (κ2) is 2.70. The van der Waals surface area contributed by atoms with Crippen molar-refractivity contribution < 1.29 is 5.11 Å². The van der Waals surface area contributed by atoms with E-state index in [4.69, 9.17) is 16.6 Å². The molecule has 0 amide bonds. The van der Waals surface area contributed by atoms with E-state index < -0.39 is 0 Å². The Labute approximate surface area is 65.7 Å². The molecule has 1 rings (SSSR count). The van der Waals surface area contributed by atoms with Crippen molar-refractivity contribution in [1.29, 1.82) is 0 Å². The summed E-state index contributed by atoms with van der Waals surface area (Å²) in [5, 5.41) is 9.16. The van der Waals surface area contributed by atoms with Gasteiger partial charge in [-0.05, 0) is 24.6 Å². The molecule has 11 heavy (non-hydrogen) atoms. The Morgan fingerprint density at radius 1 is 1.36 bits per heavy atom. The van der Waals surface area contributed by atoms with Crippen LogP contribution in [0.3, 0.4) is 0 Å². The van der Waals surface area contributed by atoms with Gasteiger partial charge < -0.3 is 16.6 Å². The van der Waals surface area contributed by atoms with Gasteiger partial charge in [0.15, 0.2) is 0 Å². The molecule has 0 aromatic rings. The van der Waals surface area contributed by atoms with Crippen LogP contribution in [0.1, 0.15) is 13.3 Å². The molecule has 1 aliphatic carbocycles. The largest absolute Gasteiger partial charge is 0.508 e. The van der Waals surface area contributed by atoms with Gasteiger partial charge in [0, 0.05) is 17.8 Å². The quantitative estimate of drug-likeness (QED) is 0.483. The molecular formula is C8H12N2O. The van der Waals surface area contributed by atoms with Crippen LogP contribution in [0.5, 0.6) is 0 Å². The lowest BCUT2D eigenvalue weighted by molar-refractivity contribution is 0.431. The van der Waals surface area contributed by atoms with Crippen LogP contribution in [0.2, 0.25) is 0 Å². The highest BCUT2D eigenvalue weighted by Crippen LogP contribution is 2.14. The van der Waals surface area contributed by atoms with Gasteiger partial charge in [-0.1, -0.05) is 0 Å². The van der Waals surface area contributed by atoms with Gasteiger partial charge in [0.2, 0.25) is 0 Å². The summed E-state index contributed by atoms with van der Waals surface area (Å²) in [5.74, 6) is 0.167. The van der Waals surface area contributed by atoms with Gasteiger partial charge in [0.1, 0.15) is 5.76 Å². The summed E-state index contributed by atoms with van der Waals surface area (Å²) in [5.41, 5.74) is 13.3. The molecule has 5 N–H and O–H groups in total. The first-order chi connectivity index (χ1) is 5.09. The Bertz CT molecular complexity index is 261. The summed E-state index contributed by atoms with van der Waals surface area (Å²) in [7, 11) is 0. The lowest BCUT2D eigenvalue weighted by Crippen LogP contribution is -2.05. The van der Waals surface area contributed by atoms with Crippen LogP contribution in [-0.4, -0.2) is 5.11 Å². The minimum atomic E-state index is 0.167. The summed E-state index contributed by atoms with van der Waals surface area (Å²) in [6.07, 6.45) is 3.66. The van der Waals surface area contributed by atoms with Gasteiger partial charge in [-0.2, -0.15) is 0 Å². The summed E-state index contributed by atoms with van der Waals surface area (Å²) in [6.45, 7) is 1.85. The zero-order valence-electron chi connectivity index (χ0n) is 6.46. The molecule has 1 aliphatic rings. The predicted octanol–water partition coefficient (Wildman–Crippen LogP) is 0.907. The molecule has 0 unspecified atom stereocenters. The van der Waals surface area contributed by atoms with Gasteiger partial charge in [-0.15, -0.1) is 0 Å². The van der Waals surface area contributed by atoms with E-state index in [1.807, 2.05) is 6.92 Å². The normalized spacial score (nSPS) is 19.0. The molecule has 3 nitrogen and oxygen atoms in total. The van der Waals surface area contributed by atoms with Gasteiger partial charge in [-0.3, -0.25) is 0 Å². The Kier molecular flexibility index (Phi) is 1.89. The summed E-state index contributed by atoms with van der Waals surface area (Å²) < 4.78 is 0. The van der Waals surface area contributed by atoms with E-state index in [1.54, 1.807) is 6.08 Å². The molecule has 0 atom stereocenters. The molecule has 0 bridgehead atoms. The van der Waals surface area contributed by atoms with E-state index in [-0.39, 0.29) is 5.76 Å². The summed E-state index contributed by atoms with van der Waals surface area (Å²) in [4.78, 5) is 0. The first-order valence-corrected chi connectivity index (χ1v) is 3.41. The first kappa shape index (κ1) is 7.72. The van der Waals surface area contributed by atoms with E-state index in [1.165, 1.54) is 6.08 Å². The number of aliphatic hydroxyl groups excluding tert-OH is 1. The SMILES string of the molecule is CC1=C(N)CC(N)=CC(O)=C1. The van der Waals surface area contributed by atoms with Crippen molar-refractivity contribution in [2.24, 2.45) is 11.5 Å². The number of nitrogens with two attached hydrogens (primary N) is 2. The molecule has 0 aromatic heterocycles.